The molecule has 0 spiro atoms. The number of amides is 1. The number of nitrogens with two attached hydrogens (primary N) is 1. The van der Waals surface area contributed by atoms with Crippen LogP contribution in [0.1, 0.15) is 39.0 Å². The number of ether oxygens (including phenoxy) is 1. The first-order valence-corrected chi connectivity index (χ1v) is 6.24. The average molecular weight is 242 g/mol. The number of nitrogens with zero attached hydrogens (tertiary/aromatic N) is 1. The maximum absolute atomic E-state index is 11.8. The fourth-order valence-electron chi connectivity index (χ4n) is 2.42. The zero-order chi connectivity index (χ0) is 12.8. The Hall–Kier alpha value is -1.10. The molecule has 0 bridgehead atoms. The van der Waals surface area contributed by atoms with Crippen molar-refractivity contribution in [3.8, 4) is 0 Å². The molecule has 0 radical (unpaired) electrons. The number of hydrogen-bond donors (Lipinski definition) is 1. The van der Waals surface area contributed by atoms with Gasteiger partial charge in [0, 0.05) is 0 Å². The summed E-state index contributed by atoms with van der Waals surface area (Å²) in [4.78, 5) is 25.0. The molecule has 5 heteroatoms. The van der Waals surface area contributed by atoms with Gasteiger partial charge in [0.15, 0.2) is 0 Å². The van der Waals surface area contributed by atoms with Crippen LogP contribution in [0, 0.1) is 0 Å². The number of rotatable bonds is 6. The third-order valence-corrected chi connectivity index (χ3v) is 3.33. The number of likely N-dealkylation sites (tertiary alicyclic amines) is 1. The number of esters is 1. The van der Waals surface area contributed by atoms with Crippen LogP contribution in [0.3, 0.4) is 0 Å². The van der Waals surface area contributed by atoms with Gasteiger partial charge in [0.2, 0.25) is 5.91 Å². The number of unbranched alkanes of at least 4 members (excludes halogenated alkanes) is 1. The zero-order valence-corrected chi connectivity index (χ0v) is 10.6. The van der Waals surface area contributed by atoms with Gasteiger partial charge in [-0.25, -0.2) is 0 Å². The minimum Gasteiger partial charge on any atom is -0.468 e. The van der Waals surface area contributed by atoms with Crippen LogP contribution in [-0.4, -0.2) is 42.5 Å². The van der Waals surface area contributed by atoms with E-state index in [-0.39, 0.29) is 24.0 Å². The molecule has 0 aliphatic carbocycles. The van der Waals surface area contributed by atoms with E-state index >= 15 is 0 Å². The Kier molecular flexibility index (Phi) is 5.41. The molecule has 1 aliphatic heterocycles. The highest BCUT2D eigenvalue weighted by Crippen LogP contribution is 2.23. The summed E-state index contributed by atoms with van der Waals surface area (Å²) in [5.74, 6) is -0.598. The Morgan fingerprint density at radius 2 is 2.24 bits per heavy atom. The molecule has 1 fully saturated rings. The number of methoxy groups -OCH3 is 1. The molecule has 1 amide bonds. The molecule has 1 rings (SSSR count). The molecule has 5 nitrogen and oxygen atoms in total. The molecule has 17 heavy (non-hydrogen) atoms. The summed E-state index contributed by atoms with van der Waals surface area (Å²) in [6.07, 6.45) is 4.35. The van der Waals surface area contributed by atoms with Crippen molar-refractivity contribution in [1.29, 1.82) is 0 Å². The maximum atomic E-state index is 11.8. The quantitative estimate of drug-likeness (QED) is 0.695. The Bertz CT molecular complexity index is 281. The third-order valence-electron chi connectivity index (χ3n) is 3.33. The topological polar surface area (TPSA) is 72.6 Å². The standard InChI is InChI=1S/C12H22N2O3/c1-3-4-6-10(12(16)17-2)14-8-5-7-9(14)11(13)15/h9-10H,3-8H2,1-2H3,(H2,13,15). The second kappa shape index (κ2) is 6.59. The van der Waals surface area contributed by atoms with Crippen LogP contribution in [0.2, 0.25) is 0 Å². The Morgan fingerprint density at radius 1 is 1.53 bits per heavy atom. The smallest absolute Gasteiger partial charge is 0.323 e. The van der Waals surface area contributed by atoms with E-state index in [0.717, 1.165) is 38.6 Å². The van der Waals surface area contributed by atoms with Gasteiger partial charge in [-0.1, -0.05) is 19.8 Å². The van der Waals surface area contributed by atoms with E-state index in [9.17, 15) is 9.59 Å². The van der Waals surface area contributed by atoms with E-state index < -0.39 is 0 Å². The van der Waals surface area contributed by atoms with Gasteiger partial charge in [0.25, 0.3) is 0 Å². The number of hydrogen-bond acceptors (Lipinski definition) is 4. The van der Waals surface area contributed by atoms with Crippen molar-refractivity contribution in [3.63, 3.8) is 0 Å². The molecule has 2 N–H and O–H groups in total. The molecule has 98 valence electrons. The molecular weight excluding hydrogens is 220 g/mol. The van der Waals surface area contributed by atoms with Crippen molar-refractivity contribution in [3.05, 3.63) is 0 Å². The monoisotopic (exact) mass is 242 g/mol. The van der Waals surface area contributed by atoms with Crippen molar-refractivity contribution in [2.24, 2.45) is 5.73 Å². The van der Waals surface area contributed by atoms with Crippen LogP contribution < -0.4 is 5.73 Å². The van der Waals surface area contributed by atoms with E-state index in [1.807, 2.05) is 4.90 Å². The van der Waals surface area contributed by atoms with Gasteiger partial charge < -0.3 is 10.5 Å². The molecule has 0 saturated carbocycles. The fraction of sp³-hybridized carbons (Fsp3) is 0.833. The molecule has 2 atom stereocenters. The summed E-state index contributed by atoms with van der Waals surface area (Å²) in [7, 11) is 1.39. The molecule has 0 aromatic rings. The van der Waals surface area contributed by atoms with Gasteiger partial charge in [-0.2, -0.15) is 0 Å². The lowest BCUT2D eigenvalue weighted by Crippen LogP contribution is -2.49. The average Bonchev–Trinajstić information content (AvgIpc) is 2.78. The summed E-state index contributed by atoms with van der Waals surface area (Å²) in [5, 5.41) is 0. The second-order valence-electron chi connectivity index (χ2n) is 4.48. The van der Waals surface area contributed by atoms with Crippen LogP contribution >= 0.6 is 0 Å². The lowest BCUT2D eigenvalue weighted by atomic mass is 10.1. The highest BCUT2D eigenvalue weighted by Gasteiger charge is 2.37. The summed E-state index contributed by atoms with van der Waals surface area (Å²) in [5.41, 5.74) is 5.36. The number of carbonyl (C=O) groups excluding carboxylic acids is 2. The summed E-state index contributed by atoms with van der Waals surface area (Å²) in [6.45, 7) is 2.82. The fourth-order valence-corrected chi connectivity index (χ4v) is 2.42. The first-order chi connectivity index (χ1) is 8.11. The Morgan fingerprint density at radius 3 is 2.76 bits per heavy atom. The van der Waals surface area contributed by atoms with E-state index in [1.54, 1.807) is 0 Å². The minimum absolute atomic E-state index is 0.258. The van der Waals surface area contributed by atoms with Crippen LogP contribution in [0.4, 0.5) is 0 Å². The first kappa shape index (κ1) is 14.0. The van der Waals surface area contributed by atoms with Crippen molar-refractivity contribution < 1.29 is 14.3 Å². The van der Waals surface area contributed by atoms with Crippen molar-refractivity contribution in [1.82, 2.24) is 4.90 Å². The van der Waals surface area contributed by atoms with Crippen LogP contribution in [0.5, 0.6) is 0 Å². The van der Waals surface area contributed by atoms with Crippen LogP contribution in [0.25, 0.3) is 0 Å². The van der Waals surface area contributed by atoms with Gasteiger partial charge in [0.05, 0.1) is 13.2 Å². The lowest BCUT2D eigenvalue weighted by molar-refractivity contribution is -0.148. The van der Waals surface area contributed by atoms with Gasteiger partial charge in [0.1, 0.15) is 6.04 Å². The maximum Gasteiger partial charge on any atom is 0.323 e. The molecule has 1 aliphatic rings. The highest BCUT2D eigenvalue weighted by atomic mass is 16.5. The third kappa shape index (κ3) is 3.43. The zero-order valence-electron chi connectivity index (χ0n) is 10.6. The van der Waals surface area contributed by atoms with Crippen LogP contribution in [-0.2, 0) is 14.3 Å². The van der Waals surface area contributed by atoms with E-state index in [2.05, 4.69) is 6.92 Å². The Balaban J connectivity index is 2.73. The first-order valence-electron chi connectivity index (χ1n) is 6.24. The Labute approximate surface area is 102 Å². The predicted octanol–water partition coefficient (Wildman–Crippen LogP) is 0.668. The van der Waals surface area contributed by atoms with Crippen molar-refractivity contribution in [2.45, 2.75) is 51.1 Å². The van der Waals surface area contributed by atoms with Gasteiger partial charge in [-0.15, -0.1) is 0 Å². The highest BCUT2D eigenvalue weighted by molar-refractivity contribution is 5.82. The second-order valence-corrected chi connectivity index (χ2v) is 4.48. The van der Waals surface area contributed by atoms with Gasteiger partial charge in [-0.05, 0) is 25.8 Å². The van der Waals surface area contributed by atoms with Crippen LogP contribution in [0.15, 0.2) is 0 Å². The van der Waals surface area contributed by atoms with E-state index in [0.29, 0.717) is 0 Å². The summed E-state index contributed by atoms with van der Waals surface area (Å²) >= 11 is 0. The van der Waals surface area contributed by atoms with Gasteiger partial charge in [-0.3, -0.25) is 14.5 Å². The normalized spacial score (nSPS) is 22.4. The minimum atomic E-state index is -0.340. The lowest BCUT2D eigenvalue weighted by Gasteiger charge is -2.29. The molecule has 0 aromatic carbocycles. The predicted molar refractivity (Wildman–Crippen MR) is 64.3 cm³/mol. The number of carbonyl (C=O) groups is 2. The molecular formula is C12H22N2O3. The number of primary amides is 1. The molecule has 0 aromatic heterocycles. The van der Waals surface area contributed by atoms with E-state index in [4.69, 9.17) is 10.5 Å². The van der Waals surface area contributed by atoms with Crippen molar-refractivity contribution >= 4 is 11.9 Å². The molecule has 2 unspecified atom stereocenters. The summed E-state index contributed by atoms with van der Waals surface area (Å²) in [6, 6.07) is -0.629. The largest absolute Gasteiger partial charge is 0.468 e. The van der Waals surface area contributed by atoms with Gasteiger partial charge >= 0.3 is 5.97 Å². The van der Waals surface area contributed by atoms with E-state index in [1.165, 1.54) is 7.11 Å². The molecule has 1 heterocycles. The summed E-state index contributed by atoms with van der Waals surface area (Å²) < 4.78 is 4.82. The SMILES string of the molecule is CCCCC(C(=O)OC)N1CCCC1C(N)=O. The van der Waals surface area contributed by atoms with Crippen molar-refractivity contribution in [2.75, 3.05) is 13.7 Å². The molecule has 1 saturated heterocycles.